The number of fused-ring (bicyclic) bond motifs is 1. The summed E-state index contributed by atoms with van der Waals surface area (Å²) in [6.07, 6.45) is 0. The predicted octanol–water partition coefficient (Wildman–Crippen LogP) is 0.602. The summed E-state index contributed by atoms with van der Waals surface area (Å²) in [5, 5.41) is 3.98. The maximum Gasteiger partial charge on any atom is 0.376 e. The molecule has 0 bridgehead atoms. The monoisotopic (exact) mass is 290 g/mol. The Balaban J connectivity index is 2.13. The Morgan fingerprint density at radius 1 is 1.38 bits per heavy atom. The Labute approximate surface area is 123 Å². The Morgan fingerprint density at radius 2 is 2.10 bits per heavy atom. The Kier molecular flexibility index (Phi) is 4.54. The minimum atomic E-state index is -0.631. The lowest BCUT2D eigenvalue weighted by molar-refractivity contribution is -0.136. The summed E-state index contributed by atoms with van der Waals surface area (Å²) in [7, 11) is 5.26. The number of amidine groups is 1. The number of hydrogen-bond donors (Lipinski definition) is 1. The number of nitrogens with one attached hydrogen (secondary N) is 1. The van der Waals surface area contributed by atoms with Crippen molar-refractivity contribution >= 4 is 23.4 Å². The molecule has 0 aromatic heterocycles. The topological polar surface area (TPSA) is 74.2 Å². The van der Waals surface area contributed by atoms with Gasteiger partial charge >= 0.3 is 5.97 Å². The number of carbonyl (C=O) groups excluding carboxylic acids is 2. The van der Waals surface area contributed by atoms with E-state index < -0.39 is 5.97 Å². The molecule has 1 aliphatic heterocycles. The first-order valence-electron chi connectivity index (χ1n) is 6.53. The Bertz CT molecular complexity index is 583. The van der Waals surface area contributed by atoms with Crippen molar-refractivity contribution in [3.8, 4) is 0 Å². The number of likely N-dealkylation sites (N-methyl/N-ethyl adjacent to an activating group) is 2. The lowest BCUT2D eigenvalue weighted by atomic mass is 10.1. The summed E-state index contributed by atoms with van der Waals surface area (Å²) in [6.45, 7) is 0.837. The van der Waals surface area contributed by atoms with Crippen LogP contribution in [-0.4, -0.2) is 61.8 Å². The van der Waals surface area contributed by atoms with Gasteiger partial charge in [0, 0.05) is 13.6 Å². The van der Waals surface area contributed by atoms with Crippen molar-refractivity contribution in [1.82, 2.24) is 9.80 Å². The van der Waals surface area contributed by atoms with E-state index >= 15 is 0 Å². The molecule has 0 unspecified atom stereocenters. The molecule has 1 heterocycles. The molecule has 2 rings (SSSR count). The van der Waals surface area contributed by atoms with Gasteiger partial charge in [0.2, 0.25) is 5.84 Å². The first kappa shape index (κ1) is 15.0. The van der Waals surface area contributed by atoms with E-state index in [1.54, 1.807) is 24.3 Å². The van der Waals surface area contributed by atoms with Crippen molar-refractivity contribution in [2.24, 2.45) is 5.10 Å². The Morgan fingerprint density at radius 3 is 2.81 bits per heavy atom. The summed E-state index contributed by atoms with van der Waals surface area (Å²) in [5.74, 6) is -0.998. The molecule has 1 amide bonds. The molecule has 1 aromatic rings. The number of carbonyl (C=O) groups is 2. The smallest absolute Gasteiger partial charge is 0.376 e. The zero-order valence-corrected chi connectivity index (χ0v) is 12.3. The number of esters is 1. The molecule has 0 saturated heterocycles. The zero-order valence-electron chi connectivity index (χ0n) is 12.3. The quantitative estimate of drug-likeness (QED) is 0.822. The highest BCUT2D eigenvalue weighted by Gasteiger charge is 2.28. The minimum Gasteiger partial charge on any atom is -0.458 e. The number of hydrogen-bond acceptors (Lipinski definition) is 6. The fraction of sp³-hybridized carbons (Fsp3) is 0.357. The first-order valence-corrected chi connectivity index (χ1v) is 6.53. The van der Waals surface area contributed by atoms with E-state index in [1.807, 2.05) is 19.0 Å². The predicted molar refractivity (Wildman–Crippen MR) is 79.1 cm³/mol. The van der Waals surface area contributed by atoms with Crippen molar-refractivity contribution in [2.45, 2.75) is 0 Å². The summed E-state index contributed by atoms with van der Waals surface area (Å²) in [5.41, 5.74) is 3.75. The molecule has 0 radical (unpaired) electrons. The fourth-order valence-electron chi connectivity index (χ4n) is 1.80. The van der Waals surface area contributed by atoms with Gasteiger partial charge in [-0.1, -0.05) is 12.1 Å². The van der Waals surface area contributed by atoms with Crippen LogP contribution < -0.4 is 5.43 Å². The van der Waals surface area contributed by atoms with Gasteiger partial charge < -0.3 is 9.64 Å². The molecule has 0 atom stereocenters. The average molecular weight is 290 g/mol. The van der Waals surface area contributed by atoms with Crippen LogP contribution >= 0.6 is 0 Å². The van der Waals surface area contributed by atoms with E-state index in [9.17, 15) is 9.59 Å². The van der Waals surface area contributed by atoms with Gasteiger partial charge in [-0.05, 0) is 26.2 Å². The van der Waals surface area contributed by atoms with Crippen molar-refractivity contribution in [1.29, 1.82) is 0 Å². The van der Waals surface area contributed by atoms with Crippen molar-refractivity contribution in [3.05, 3.63) is 29.8 Å². The molecule has 0 spiro atoms. The van der Waals surface area contributed by atoms with Gasteiger partial charge in [-0.3, -0.25) is 15.1 Å². The number of anilines is 1. The molecule has 0 saturated carbocycles. The fourth-order valence-corrected chi connectivity index (χ4v) is 1.80. The van der Waals surface area contributed by atoms with Crippen LogP contribution in [0.5, 0.6) is 0 Å². The van der Waals surface area contributed by atoms with Crippen LogP contribution in [0.1, 0.15) is 10.4 Å². The van der Waals surface area contributed by atoms with Crippen LogP contribution in [0.2, 0.25) is 0 Å². The SMILES string of the molecule is CN(C)CCOC(=O)C1=NNc2ccccc2C(=O)N1C. The van der Waals surface area contributed by atoms with E-state index in [0.717, 1.165) is 0 Å². The van der Waals surface area contributed by atoms with Crippen LogP contribution in [0.15, 0.2) is 29.4 Å². The van der Waals surface area contributed by atoms with Crippen LogP contribution in [0.3, 0.4) is 0 Å². The lowest BCUT2D eigenvalue weighted by Crippen LogP contribution is -2.39. The van der Waals surface area contributed by atoms with Crippen LogP contribution in [0.25, 0.3) is 0 Å². The highest BCUT2D eigenvalue weighted by Crippen LogP contribution is 2.19. The van der Waals surface area contributed by atoms with E-state index in [1.165, 1.54) is 11.9 Å². The van der Waals surface area contributed by atoms with Crippen LogP contribution in [0.4, 0.5) is 5.69 Å². The second-order valence-electron chi connectivity index (χ2n) is 4.90. The molecular formula is C14H18N4O3. The van der Waals surface area contributed by atoms with Gasteiger partial charge in [0.25, 0.3) is 5.91 Å². The van der Waals surface area contributed by atoms with Gasteiger partial charge in [0.1, 0.15) is 6.61 Å². The molecule has 0 fully saturated rings. The van der Waals surface area contributed by atoms with Gasteiger partial charge in [-0.2, -0.15) is 0 Å². The maximum atomic E-state index is 12.3. The molecule has 112 valence electrons. The summed E-state index contributed by atoms with van der Waals surface area (Å²) in [6, 6.07) is 6.95. The summed E-state index contributed by atoms with van der Waals surface area (Å²) >= 11 is 0. The second kappa shape index (κ2) is 6.36. The van der Waals surface area contributed by atoms with Crippen LogP contribution in [0, 0.1) is 0 Å². The molecule has 1 aliphatic rings. The number of hydrazone groups is 1. The van der Waals surface area contributed by atoms with Crippen molar-refractivity contribution < 1.29 is 14.3 Å². The third-order valence-corrected chi connectivity index (χ3v) is 3.02. The van der Waals surface area contributed by atoms with E-state index in [2.05, 4.69) is 10.5 Å². The molecule has 7 heteroatoms. The van der Waals surface area contributed by atoms with Gasteiger partial charge in [0.15, 0.2) is 0 Å². The highest BCUT2D eigenvalue weighted by atomic mass is 16.5. The average Bonchev–Trinajstić information content (AvgIpc) is 2.57. The van der Waals surface area contributed by atoms with E-state index in [4.69, 9.17) is 4.74 Å². The second-order valence-corrected chi connectivity index (χ2v) is 4.90. The molecule has 0 aliphatic carbocycles. The number of amides is 1. The zero-order chi connectivity index (χ0) is 15.4. The van der Waals surface area contributed by atoms with Crippen LogP contribution in [-0.2, 0) is 9.53 Å². The first-order chi connectivity index (χ1) is 10.0. The van der Waals surface area contributed by atoms with Gasteiger partial charge in [0.05, 0.1) is 11.3 Å². The van der Waals surface area contributed by atoms with E-state index in [0.29, 0.717) is 17.8 Å². The number of rotatable bonds is 4. The molecular weight excluding hydrogens is 272 g/mol. The third-order valence-electron chi connectivity index (χ3n) is 3.02. The van der Waals surface area contributed by atoms with Crippen molar-refractivity contribution in [2.75, 3.05) is 39.7 Å². The maximum absolute atomic E-state index is 12.3. The van der Waals surface area contributed by atoms with E-state index in [-0.39, 0.29) is 18.3 Å². The standard InChI is InChI=1S/C14H18N4O3/c1-17(2)8-9-21-14(20)12-16-15-11-7-5-4-6-10(11)13(19)18(12)3/h4-7,15H,8-9H2,1-3H3. The van der Waals surface area contributed by atoms with Gasteiger partial charge in [-0.15, -0.1) is 5.10 Å². The normalized spacial score (nSPS) is 14.2. The number of nitrogens with zero attached hydrogens (tertiary/aromatic N) is 3. The van der Waals surface area contributed by atoms with Crippen molar-refractivity contribution in [3.63, 3.8) is 0 Å². The summed E-state index contributed by atoms with van der Waals surface area (Å²) in [4.78, 5) is 27.4. The highest BCUT2D eigenvalue weighted by molar-refractivity contribution is 6.39. The number of para-hydroxylation sites is 1. The summed E-state index contributed by atoms with van der Waals surface area (Å²) < 4.78 is 5.12. The molecule has 7 nitrogen and oxygen atoms in total. The molecule has 21 heavy (non-hydrogen) atoms. The Hall–Kier alpha value is -2.41. The largest absolute Gasteiger partial charge is 0.458 e. The molecule has 1 aromatic carbocycles. The number of ether oxygens (including phenoxy) is 1. The minimum absolute atomic E-state index is 0.0602. The van der Waals surface area contributed by atoms with Gasteiger partial charge in [-0.25, -0.2) is 4.79 Å². The molecule has 1 N–H and O–H groups in total. The number of benzene rings is 1. The lowest BCUT2D eigenvalue weighted by Gasteiger charge is -2.16. The third kappa shape index (κ3) is 3.38.